The van der Waals surface area contributed by atoms with Gasteiger partial charge in [0.25, 0.3) is 0 Å². The molecule has 0 saturated heterocycles. The molecule has 0 saturated carbocycles. The van der Waals surface area contributed by atoms with Gasteiger partial charge in [0, 0.05) is 12.1 Å². The lowest BCUT2D eigenvalue weighted by Crippen LogP contribution is -2.44. The monoisotopic (exact) mass is 196 g/mol. The van der Waals surface area contributed by atoms with Crippen molar-refractivity contribution in [2.45, 2.75) is 53.5 Å². The van der Waals surface area contributed by atoms with E-state index in [4.69, 9.17) is 5.26 Å². The van der Waals surface area contributed by atoms with E-state index in [0.29, 0.717) is 5.41 Å². The molecule has 0 fully saturated rings. The molecule has 0 aliphatic carbocycles. The highest BCUT2D eigenvalue weighted by molar-refractivity contribution is 4.87. The zero-order valence-electron chi connectivity index (χ0n) is 10.4. The molecule has 0 bridgehead atoms. The van der Waals surface area contributed by atoms with Gasteiger partial charge in [-0.2, -0.15) is 5.26 Å². The summed E-state index contributed by atoms with van der Waals surface area (Å²) in [6.07, 6.45) is 1.11. The molecule has 2 nitrogen and oxygen atoms in total. The van der Waals surface area contributed by atoms with Gasteiger partial charge in [-0.15, -0.1) is 0 Å². The first-order valence-electron chi connectivity index (χ1n) is 5.31. The highest BCUT2D eigenvalue weighted by atomic mass is 15.0. The Labute approximate surface area is 88.7 Å². The van der Waals surface area contributed by atoms with Crippen molar-refractivity contribution in [1.29, 1.82) is 5.26 Å². The molecule has 0 aromatic rings. The van der Waals surface area contributed by atoms with Crippen LogP contribution in [0, 0.1) is 22.7 Å². The molecule has 0 aliphatic heterocycles. The van der Waals surface area contributed by atoms with Crippen LogP contribution < -0.4 is 5.32 Å². The molecule has 1 atom stereocenters. The SMILES string of the molecule is CC(C#N)CNC(C)(C)CC(C)(C)C. The average Bonchev–Trinajstić information content (AvgIpc) is 1.96. The topological polar surface area (TPSA) is 35.8 Å². The van der Waals surface area contributed by atoms with Crippen LogP contribution in [0.2, 0.25) is 0 Å². The normalized spacial score (nSPS) is 14.9. The minimum atomic E-state index is 0.0919. The van der Waals surface area contributed by atoms with Gasteiger partial charge >= 0.3 is 0 Å². The van der Waals surface area contributed by atoms with Crippen LogP contribution in [-0.2, 0) is 0 Å². The highest BCUT2D eigenvalue weighted by Gasteiger charge is 2.24. The molecule has 0 spiro atoms. The second-order valence-electron chi connectivity index (χ2n) is 6.03. The molecule has 1 N–H and O–H groups in total. The predicted octanol–water partition coefficient (Wildman–Crippen LogP) is 2.95. The highest BCUT2D eigenvalue weighted by Crippen LogP contribution is 2.26. The zero-order chi connectivity index (χ0) is 11.4. The Morgan fingerprint density at radius 2 is 1.71 bits per heavy atom. The van der Waals surface area contributed by atoms with Crippen LogP contribution in [0.1, 0.15) is 48.0 Å². The van der Waals surface area contributed by atoms with Gasteiger partial charge in [-0.25, -0.2) is 0 Å². The molecule has 0 radical (unpaired) electrons. The van der Waals surface area contributed by atoms with Gasteiger partial charge < -0.3 is 5.32 Å². The molecule has 0 amide bonds. The molecule has 0 aromatic heterocycles. The first kappa shape index (κ1) is 13.4. The number of nitrogens with one attached hydrogen (secondary N) is 1. The van der Waals surface area contributed by atoms with Crippen LogP contribution in [0.15, 0.2) is 0 Å². The quantitative estimate of drug-likeness (QED) is 0.750. The van der Waals surface area contributed by atoms with Crippen molar-refractivity contribution in [1.82, 2.24) is 5.32 Å². The fourth-order valence-corrected chi connectivity index (χ4v) is 1.86. The number of nitriles is 1. The molecule has 2 heteroatoms. The maximum atomic E-state index is 8.67. The Balaban J connectivity index is 4.03. The summed E-state index contributed by atoms with van der Waals surface area (Å²) >= 11 is 0. The molecular formula is C12H24N2. The maximum absolute atomic E-state index is 8.67. The van der Waals surface area contributed by atoms with Crippen molar-refractivity contribution in [2.75, 3.05) is 6.54 Å². The van der Waals surface area contributed by atoms with Crippen LogP contribution in [0.5, 0.6) is 0 Å². The van der Waals surface area contributed by atoms with Crippen molar-refractivity contribution in [3.8, 4) is 6.07 Å². The summed E-state index contributed by atoms with van der Waals surface area (Å²) in [6.45, 7) is 13.8. The molecule has 14 heavy (non-hydrogen) atoms. The van der Waals surface area contributed by atoms with Gasteiger partial charge in [0.2, 0.25) is 0 Å². The summed E-state index contributed by atoms with van der Waals surface area (Å²) in [5, 5.41) is 12.1. The molecule has 0 aliphatic rings. The van der Waals surface area contributed by atoms with E-state index in [1.54, 1.807) is 0 Å². The smallest absolute Gasteiger partial charge is 0.0666 e. The zero-order valence-corrected chi connectivity index (χ0v) is 10.4. The first-order valence-corrected chi connectivity index (χ1v) is 5.31. The molecule has 1 unspecified atom stereocenters. The number of hydrogen-bond donors (Lipinski definition) is 1. The minimum absolute atomic E-state index is 0.0919. The van der Waals surface area contributed by atoms with Crippen LogP contribution >= 0.6 is 0 Å². The third-order valence-electron chi connectivity index (χ3n) is 2.08. The minimum Gasteiger partial charge on any atom is -0.310 e. The molecule has 82 valence electrons. The van der Waals surface area contributed by atoms with Crippen LogP contribution in [0.25, 0.3) is 0 Å². The van der Waals surface area contributed by atoms with E-state index in [9.17, 15) is 0 Å². The second-order valence-corrected chi connectivity index (χ2v) is 6.03. The Morgan fingerprint density at radius 1 is 1.21 bits per heavy atom. The number of rotatable bonds is 4. The standard InChI is InChI=1S/C12H24N2/c1-10(7-13)8-14-12(5,6)9-11(2,3)4/h10,14H,8-9H2,1-6H3. The average molecular weight is 196 g/mol. The van der Waals surface area contributed by atoms with Crippen LogP contribution in [0.4, 0.5) is 0 Å². The van der Waals surface area contributed by atoms with E-state index in [-0.39, 0.29) is 11.5 Å². The van der Waals surface area contributed by atoms with Crippen molar-refractivity contribution >= 4 is 0 Å². The third-order valence-corrected chi connectivity index (χ3v) is 2.08. The van der Waals surface area contributed by atoms with Crippen LogP contribution in [-0.4, -0.2) is 12.1 Å². The van der Waals surface area contributed by atoms with Crippen molar-refractivity contribution < 1.29 is 0 Å². The van der Waals surface area contributed by atoms with Crippen molar-refractivity contribution in [2.24, 2.45) is 11.3 Å². The van der Waals surface area contributed by atoms with E-state index in [1.807, 2.05) is 6.92 Å². The number of hydrogen-bond acceptors (Lipinski definition) is 2. The summed E-state index contributed by atoms with van der Waals surface area (Å²) in [5.41, 5.74) is 0.440. The van der Waals surface area contributed by atoms with Crippen molar-refractivity contribution in [3.05, 3.63) is 0 Å². The van der Waals surface area contributed by atoms with E-state index < -0.39 is 0 Å². The van der Waals surface area contributed by atoms with E-state index >= 15 is 0 Å². The van der Waals surface area contributed by atoms with Gasteiger partial charge in [0.1, 0.15) is 0 Å². The number of nitrogens with zero attached hydrogens (tertiary/aromatic N) is 1. The van der Waals surface area contributed by atoms with E-state index in [2.05, 4.69) is 46.0 Å². The lowest BCUT2D eigenvalue weighted by molar-refractivity contribution is 0.239. The summed E-state index contributed by atoms with van der Waals surface area (Å²) in [5.74, 6) is 0.0919. The summed E-state index contributed by atoms with van der Waals surface area (Å²) in [6, 6.07) is 2.24. The van der Waals surface area contributed by atoms with Gasteiger partial charge in [-0.1, -0.05) is 20.8 Å². The lowest BCUT2D eigenvalue weighted by Gasteiger charge is -2.33. The summed E-state index contributed by atoms with van der Waals surface area (Å²) < 4.78 is 0. The second kappa shape index (κ2) is 4.79. The largest absolute Gasteiger partial charge is 0.310 e. The summed E-state index contributed by atoms with van der Waals surface area (Å²) in [4.78, 5) is 0. The van der Waals surface area contributed by atoms with Gasteiger partial charge in [0.05, 0.1) is 12.0 Å². The molecule has 0 aromatic carbocycles. The predicted molar refractivity (Wildman–Crippen MR) is 60.9 cm³/mol. The fourth-order valence-electron chi connectivity index (χ4n) is 1.86. The fraction of sp³-hybridized carbons (Fsp3) is 0.917. The van der Waals surface area contributed by atoms with Gasteiger partial charge in [0.15, 0.2) is 0 Å². The molecule has 0 heterocycles. The Kier molecular flexibility index (Phi) is 4.61. The van der Waals surface area contributed by atoms with Crippen LogP contribution in [0.3, 0.4) is 0 Å². The molecule has 0 rings (SSSR count). The van der Waals surface area contributed by atoms with Crippen molar-refractivity contribution in [3.63, 3.8) is 0 Å². The summed E-state index contributed by atoms with van der Waals surface area (Å²) in [7, 11) is 0. The lowest BCUT2D eigenvalue weighted by atomic mass is 9.81. The Bertz CT molecular complexity index is 205. The third kappa shape index (κ3) is 6.91. The first-order chi connectivity index (χ1) is 6.16. The van der Waals surface area contributed by atoms with Gasteiger partial charge in [-0.3, -0.25) is 0 Å². The molecular weight excluding hydrogens is 172 g/mol. The Hall–Kier alpha value is -0.550. The van der Waals surface area contributed by atoms with E-state index in [0.717, 1.165) is 13.0 Å². The van der Waals surface area contributed by atoms with E-state index in [1.165, 1.54) is 0 Å². The van der Waals surface area contributed by atoms with Gasteiger partial charge in [-0.05, 0) is 32.6 Å². The maximum Gasteiger partial charge on any atom is 0.0666 e. The Morgan fingerprint density at radius 3 is 2.07 bits per heavy atom.